The summed E-state index contributed by atoms with van der Waals surface area (Å²) < 4.78 is 0. The molecule has 1 N–H and O–H groups in total. The van der Waals surface area contributed by atoms with Gasteiger partial charge in [-0.05, 0) is 31.5 Å². The van der Waals surface area contributed by atoms with E-state index in [1.807, 2.05) is 25.1 Å². The second-order valence-electron chi connectivity index (χ2n) is 6.18. The molecule has 0 saturated carbocycles. The summed E-state index contributed by atoms with van der Waals surface area (Å²) in [5.74, 6) is 0.263. The van der Waals surface area contributed by atoms with Crippen LogP contribution >= 0.6 is 11.6 Å². The van der Waals surface area contributed by atoms with Crippen LogP contribution in [0.25, 0.3) is 0 Å². The van der Waals surface area contributed by atoms with Crippen molar-refractivity contribution >= 4 is 23.4 Å². The Hall–Kier alpha value is -2.47. The Kier molecular flexibility index (Phi) is 4.99. The highest BCUT2D eigenvalue weighted by Gasteiger charge is 2.31. The third-order valence-corrected chi connectivity index (χ3v) is 4.44. The van der Waals surface area contributed by atoms with Crippen molar-refractivity contribution < 1.29 is 9.59 Å². The Morgan fingerprint density at radius 1 is 1.32 bits per heavy atom. The van der Waals surface area contributed by atoms with Gasteiger partial charge in [-0.3, -0.25) is 9.59 Å². The van der Waals surface area contributed by atoms with Gasteiger partial charge in [0, 0.05) is 30.2 Å². The van der Waals surface area contributed by atoms with Crippen LogP contribution in [0.4, 0.5) is 0 Å². The second-order valence-corrected chi connectivity index (χ2v) is 6.59. The Morgan fingerprint density at radius 3 is 2.80 bits per heavy atom. The maximum absolute atomic E-state index is 12.4. The van der Waals surface area contributed by atoms with E-state index in [9.17, 15) is 9.59 Å². The van der Waals surface area contributed by atoms with Crippen molar-refractivity contribution in [3.05, 3.63) is 58.1 Å². The monoisotopic (exact) mass is 358 g/mol. The van der Waals surface area contributed by atoms with Crippen molar-refractivity contribution in [3.8, 4) is 0 Å². The molecule has 25 heavy (non-hydrogen) atoms. The minimum Gasteiger partial charge on any atom is -0.346 e. The van der Waals surface area contributed by atoms with Crippen LogP contribution in [-0.4, -0.2) is 39.3 Å². The maximum Gasteiger partial charge on any atom is 0.270 e. The lowest BCUT2D eigenvalue weighted by molar-refractivity contribution is -0.128. The number of hydrogen-bond acceptors (Lipinski definition) is 4. The molecule has 0 radical (unpaired) electrons. The number of benzene rings is 1. The number of amides is 2. The molecule has 1 atom stereocenters. The van der Waals surface area contributed by atoms with Crippen LogP contribution in [0.1, 0.15) is 34.0 Å². The quantitative estimate of drug-likeness (QED) is 0.909. The predicted molar refractivity (Wildman–Crippen MR) is 94.2 cm³/mol. The van der Waals surface area contributed by atoms with Gasteiger partial charge in [-0.1, -0.05) is 29.8 Å². The molecule has 130 valence electrons. The summed E-state index contributed by atoms with van der Waals surface area (Å²) in [5, 5.41) is 3.52. The minimum atomic E-state index is -0.286. The number of nitrogens with zero attached hydrogens (tertiary/aromatic N) is 3. The highest BCUT2D eigenvalue weighted by Crippen LogP contribution is 2.20. The average molecular weight is 359 g/mol. The molecule has 6 nitrogen and oxygen atoms in total. The van der Waals surface area contributed by atoms with Crippen LogP contribution in [0.2, 0.25) is 5.02 Å². The first-order valence-electron chi connectivity index (χ1n) is 8.06. The summed E-state index contributed by atoms with van der Waals surface area (Å²) in [6.45, 7) is 4.46. The summed E-state index contributed by atoms with van der Waals surface area (Å²) in [7, 11) is 0. The van der Waals surface area contributed by atoms with Gasteiger partial charge in [0.1, 0.15) is 11.5 Å². The average Bonchev–Trinajstić information content (AvgIpc) is 2.88. The number of aromatic nitrogens is 2. The Bertz CT molecular complexity index is 804. The lowest BCUT2D eigenvalue weighted by Gasteiger charge is -2.18. The molecule has 0 aliphatic carbocycles. The fourth-order valence-electron chi connectivity index (χ4n) is 2.95. The number of halogens is 1. The number of rotatable bonds is 4. The Morgan fingerprint density at radius 2 is 2.08 bits per heavy atom. The van der Waals surface area contributed by atoms with Gasteiger partial charge in [-0.15, -0.1) is 0 Å². The molecule has 2 heterocycles. The molecule has 1 saturated heterocycles. The van der Waals surface area contributed by atoms with Crippen molar-refractivity contribution in [2.45, 2.75) is 32.9 Å². The standard InChI is InChI=1S/C18H19ClN4O2/c1-11-7-16(21-12(2)20-11)18(25)22-14-8-17(24)23(10-14)9-13-5-3-4-6-15(13)19/h3-7,14H,8-10H2,1-2H3,(H,22,25)/t14-/m0/s1. The topological polar surface area (TPSA) is 75.2 Å². The van der Waals surface area contributed by atoms with Gasteiger partial charge < -0.3 is 10.2 Å². The summed E-state index contributed by atoms with van der Waals surface area (Å²) in [5.41, 5.74) is 1.95. The smallest absolute Gasteiger partial charge is 0.270 e. The predicted octanol–water partition coefficient (Wildman–Crippen LogP) is 2.28. The molecule has 0 bridgehead atoms. The largest absolute Gasteiger partial charge is 0.346 e. The highest BCUT2D eigenvalue weighted by molar-refractivity contribution is 6.31. The van der Waals surface area contributed by atoms with E-state index < -0.39 is 0 Å². The van der Waals surface area contributed by atoms with E-state index in [0.29, 0.717) is 29.6 Å². The van der Waals surface area contributed by atoms with Crippen LogP contribution in [0.3, 0.4) is 0 Å². The molecule has 1 aliphatic heterocycles. The van der Waals surface area contributed by atoms with Gasteiger partial charge in [-0.2, -0.15) is 0 Å². The first-order valence-corrected chi connectivity index (χ1v) is 8.44. The molecule has 0 spiro atoms. The molecular formula is C18H19ClN4O2. The molecule has 3 rings (SSSR count). The third kappa shape index (κ3) is 4.14. The minimum absolute atomic E-state index is 0.000248. The van der Waals surface area contributed by atoms with E-state index >= 15 is 0 Å². The summed E-state index contributed by atoms with van der Waals surface area (Å²) >= 11 is 6.16. The lowest BCUT2D eigenvalue weighted by Crippen LogP contribution is -2.37. The van der Waals surface area contributed by atoms with Gasteiger partial charge in [0.2, 0.25) is 5.91 Å². The molecule has 0 unspecified atom stereocenters. The van der Waals surface area contributed by atoms with Gasteiger partial charge >= 0.3 is 0 Å². The summed E-state index contributed by atoms with van der Waals surface area (Å²) in [6.07, 6.45) is 0.277. The van der Waals surface area contributed by atoms with E-state index in [0.717, 1.165) is 11.3 Å². The Balaban J connectivity index is 1.64. The second kappa shape index (κ2) is 7.19. The molecule has 1 fully saturated rings. The van der Waals surface area contributed by atoms with Crippen molar-refractivity contribution in [3.63, 3.8) is 0 Å². The SMILES string of the molecule is Cc1cc(C(=O)N[C@H]2CC(=O)N(Cc3ccccc3Cl)C2)nc(C)n1. The first kappa shape index (κ1) is 17.4. The van der Waals surface area contributed by atoms with Gasteiger partial charge in [-0.25, -0.2) is 9.97 Å². The van der Waals surface area contributed by atoms with E-state index in [1.165, 1.54) is 0 Å². The summed E-state index contributed by atoms with van der Waals surface area (Å²) in [6, 6.07) is 8.84. The van der Waals surface area contributed by atoms with E-state index in [-0.39, 0.29) is 24.3 Å². The molecular weight excluding hydrogens is 340 g/mol. The number of carbonyl (C=O) groups excluding carboxylic acids is 2. The van der Waals surface area contributed by atoms with E-state index in [4.69, 9.17) is 11.6 Å². The molecule has 1 aromatic heterocycles. The Labute approximate surface area is 151 Å². The zero-order chi connectivity index (χ0) is 18.0. The number of aryl methyl sites for hydroxylation is 2. The van der Waals surface area contributed by atoms with Crippen molar-refractivity contribution in [2.24, 2.45) is 0 Å². The molecule has 7 heteroatoms. The van der Waals surface area contributed by atoms with E-state index in [2.05, 4.69) is 15.3 Å². The maximum atomic E-state index is 12.4. The number of nitrogens with one attached hydrogen (secondary N) is 1. The van der Waals surface area contributed by atoms with Crippen LogP contribution < -0.4 is 5.32 Å². The van der Waals surface area contributed by atoms with E-state index in [1.54, 1.807) is 24.0 Å². The molecule has 1 aromatic carbocycles. The summed E-state index contributed by atoms with van der Waals surface area (Å²) in [4.78, 5) is 34.6. The van der Waals surface area contributed by atoms with Gasteiger partial charge in [0.05, 0.1) is 6.04 Å². The zero-order valence-electron chi connectivity index (χ0n) is 14.1. The van der Waals surface area contributed by atoms with Gasteiger partial charge in [0.15, 0.2) is 0 Å². The molecule has 2 aromatic rings. The third-order valence-electron chi connectivity index (χ3n) is 4.07. The molecule has 1 aliphatic rings. The van der Waals surface area contributed by atoms with Crippen molar-refractivity contribution in [1.82, 2.24) is 20.2 Å². The van der Waals surface area contributed by atoms with Crippen molar-refractivity contribution in [2.75, 3.05) is 6.54 Å². The fourth-order valence-corrected chi connectivity index (χ4v) is 3.14. The van der Waals surface area contributed by atoms with Gasteiger partial charge in [0.25, 0.3) is 5.91 Å². The van der Waals surface area contributed by atoms with Crippen LogP contribution in [-0.2, 0) is 11.3 Å². The zero-order valence-corrected chi connectivity index (χ0v) is 14.9. The van der Waals surface area contributed by atoms with Crippen molar-refractivity contribution in [1.29, 1.82) is 0 Å². The van der Waals surface area contributed by atoms with Crippen LogP contribution in [0.15, 0.2) is 30.3 Å². The van der Waals surface area contributed by atoms with Crippen LogP contribution in [0.5, 0.6) is 0 Å². The lowest BCUT2D eigenvalue weighted by atomic mass is 10.2. The fraction of sp³-hybridized carbons (Fsp3) is 0.333. The number of carbonyl (C=O) groups is 2. The first-order chi connectivity index (χ1) is 11.9. The van der Waals surface area contributed by atoms with Crippen LogP contribution in [0, 0.1) is 13.8 Å². The normalized spacial score (nSPS) is 17.0. The highest BCUT2D eigenvalue weighted by atomic mass is 35.5. The molecule has 2 amide bonds. The number of hydrogen-bond donors (Lipinski definition) is 1. The number of likely N-dealkylation sites (tertiary alicyclic amines) is 1.